The van der Waals surface area contributed by atoms with Crippen LogP contribution in [0.4, 0.5) is 0 Å². The molecule has 4 atom stereocenters. The molecule has 0 aromatic rings. The first-order valence-corrected chi connectivity index (χ1v) is 7.94. The van der Waals surface area contributed by atoms with Crippen LogP contribution in [0.3, 0.4) is 0 Å². The largest absolute Gasteiger partial charge is 0.462 e. The van der Waals surface area contributed by atoms with Crippen molar-refractivity contribution >= 4 is 22.8 Å². The molecule has 0 radical (unpaired) electrons. The summed E-state index contributed by atoms with van der Waals surface area (Å²) < 4.78 is 5.66. The zero-order chi connectivity index (χ0) is 13.4. The van der Waals surface area contributed by atoms with Gasteiger partial charge in [-0.15, -0.1) is 0 Å². The molecule has 3 nitrogen and oxygen atoms in total. The predicted octanol–water partition coefficient (Wildman–Crippen LogP) is 3.29. The van der Waals surface area contributed by atoms with E-state index in [1.54, 1.807) is 0 Å². The van der Waals surface area contributed by atoms with Crippen LogP contribution in [-0.4, -0.2) is 17.3 Å². The minimum Gasteiger partial charge on any atom is -0.462 e. The first-order chi connectivity index (χ1) is 9.16. The van der Waals surface area contributed by atoms with Crippen molar-refractivity contribution in [1.82, 2.24) is 0 Å². The van der Waals surface area contributed by atoms with E-state index in [1.807, 2.05) is 0 Å². The standard InChI is InChI=1S/C15H21ClO3/c16-14(17)12-9-6-7-10(8-9)13(12)15(18)19-11-4-2-1-3-5-11/h9-13H,1-8H2. The quantitative estimate of drug-likeness (QED) is 0.590. The van der Waals surface area contributed by atoms with Gasteiger partial charge in [-0.05, 0) is 68.4 Å². The molecular weight excluding hydrogens is 264 g/mol. The summed E-state index contributed by atoms with van der Waals surface area (Å²) in [5, 5.41) is -0.335. The van der Waals surface area contributed by atoms with Crippen molar-refractivity contribution in [2.45, 2.75) is 57.5 Å². The van der Waals surface area contributed by atoms with Crippen molar-refractivity contribution in [2.75, 3.05) is 0 Å². The summed E-state index contributed by atoms with van der Waals surface area (Å²) in [6.45, 7) is 0. The van der Waals surface area contributed by atoms with E-state index in [-0.39, 0.29) is 29.2 Å². The molecule has 3 fully saturated rings. The molecule has 0 spiro atoms. The lowest BCUT2D eigenvalue weighted by Gasteiger charge is -2.29. The van der Waals surface area contributed by atoms with Gasteiger partial charge in [-0.3, -0.25) is 9.59 Å². The van der Waals surface area contributed by atoms with Crippen LogP contribution in [0.2, 0.25) is 0 Å². The molecule has 19 heavy (non-hydrogen) atoms. The number of ether oxygens (including phenoxy) is 1. The van der Waals surface area contributed by atoms with Gasteiger partial charge in [-0.2, -0.15) is 0 Å². The molecule has 4 unspecified atom stereocenters. The van der Waals surface area contributed by atoms with Crippen LogP contribution in [0.1, 0.15) is 51.4 Å². The lowest BCUT2D eigenvalue weighted by molar-refractivity contribution is -0.160. The van der Waals surface area contributed by atoms with E-state index in [0.717, 1.165) is 44.9 Å². The molecule has 0 saturated heterocycles. The maximum Gasteiger partial charge on any atom is 0.310 e. The molecule has 3 aliphatic carbocycles. The average molecular weight is 285 g/mol. The second-order valence-corrected chi connectivity index (χ2v) is 6.76. The van der Waals surface area contributed by atoms with E-state index in [2.05, 4.69) is 0 Å². The highest BCUT2D eigenvalue weighted by molar-refractivity contribution is 6.64. The lowest BCUT2D eigenvalue weighted by Crippen LogP contribution is -2.36. The Labute approximate surface area is 119 Å². The van der Waals surface area contributed by atoms with Crippen molar-refractivity contribution in [3.63, 3.8) is 0 Å². The Balaban J connectivity index is 1.66. The zero-order valence-corrected chi connectivity index (χ0v) is 11.9. The minimum atomic E-state index is -0.335. The Morgan fingerprint density at radius 2 is 1.53 bits per heavy atom. The highest BCUT2D eigenvalue weighted by Crippen LogP contribution is 2.53. The van der Waals surface area contributed by atoms with Gasteiger partial charge in [-0.1, -0.05) is 6.42 Å². The molecule has 0 N–H and O–H groups in total. The van der Waals surface area contributed by atoms with Crippen LogP contribution < -0.4 is 0 Å². The molecule has 2 bridgehead atoms. The second kappa shape index (κ2) is 5.43. The molecule has 0 aromatic carbocycles. The van der Waals surface area contributed by atoms with Crippen molar-refractivity contribution in [3.8, 4) is 0 Å². The Kier molecular flexibility index (Phi) is 3.84. The SMILES string of the molecule is O=C(Cl)C1C2CCC(C2)C1C(=O)OC1CCCCC1. The van der Waals surface area contributed by atoms with Gasteiger partial charge in [0.15, 0.2) is 0 Å². The summed E-state index contributed by atoms with van der Waals surface area (Å²) in [7, 11) is 0. The topological polar surface area (TPSA) is 43.4 Å². The van der Waals surface area contributed by atoms with Gasteiger partial charge in [0, 0.05) is 5.92 Å². The highest BCUT2D eigenvalue weighted by Gasteiger charge is 2.54. The summed E-state index contributed by atoms with van der Waals surface area (Å²) in [5.41, 5.74) is 0. The van der Waals surface area contributed by atoms with E-state index in [1.165, 1.54) is 6.42 Å². The van der Waals surface area contributed by atoms with Crippen molar-refractivity contribution in [2.24, 2.45) is 23.7 Å². The van der Waals surface area contributed by atoms with Crippen molar-refractivity contribution < 1.29 is 14.3 Å². The number of rotatable bonds is 3. The number of esters is 1. The van der Waals surface area contributed by atoms with Crippen molar-refractivity contribution in [3.05, 3.63) is 0 Å². The Bertz CT molecular complexity index is 376. The van der Waals surface area contributed by atoms with Crippen LogP contribution in [0, 0.1) is 23.7 Å². The zero-order valence-electron chi connectivity index (χ0n) is 11.1. The van der Waals surface area contributed by atoms with Gasteiger partial charge in [0.1, 0.15) is 6.10 Å². The third-order valence-corrected chi connectivity index (χ3v) is 5.54. The first-order valence-electron chi connectivity index (χ1n) is 7.56. The fourth-order valence-electron chi connectivity index (χ4n) is 4.38. The third kappa shape index (κ3) is 2.54. The number of carbonyl (C=O) groups is 2. The van der Waals surface area contributed by atoms with Gasteiger partial charge in [0.2, 0.25) is 5.24 Å². The molecular formula is C15H21ClO3. The molecule has 4 heteroatoms. The maximum absolute atomic E-state index is 12.4. The van der Waals surface area contributed by atoms with Gasteiger partial charge >= 0.3 is 5.97 Å². The molecule has 0 amide bonds. The monoisotopic (exact) mass is 284 g/mol. The number of fused-ring (bicyclic) bond motifs is 2. The number of halogens is 1. The van der Waals surface area contributed by atoms with E-state index in [4.69, 9.17) is 16.3 Å². The first kappa shape index (κ1) is 13.4. The Hall–Kier alpha value is -0.570. The summed E-state index contributed by atoms with van der Waals surface area (Å²) in [6.07, 6.45) is 8.64. The van der Waals surface area contributed by atoms with E-state index < -0.39 is 0 Å². The summed E-state index contributed by atoms with van der Waals surface area (Å²) >= 11 is 5.71. The second-order valence-electron chi connectivity index (χ2n) is 6.39. The van der Waals surface area contributed by atoms with Gasteiger partial charge in [-0.25, -0.2) is 0 Å². The molecule has 0 aromatic heterocycles. The van der Waals surface area contributed by atoms with Crippen LogP contribution in [0.5, 0.6) is 0 Å². The van der Waals surface area contributed by atoms with E-state index in [0.29, 0.717) is 11.8 Å². The average Bonchev–Trinajstić information content (AvgIpc) is 2.99. The maximum atomic E-state index is 12.4. The van der Waals surface area contributed by atoms with Crippen LogP contribution in [0.25, 0.3) is 0 Å². The minimum absolute atomic E-state index is 0.0754. The van der Waals surface area contributed by atoms with E-state index in [9.17, 15) is 9.59 Å². The molecule has 3 saturated carbocycles. The summed E-state index contributed by atoms with van der Waals surface area (Å²) in [4.78, 5) is 24.0. The Morgan fingerprint density at radius 3 is 2.16 bits per heavy atom. The van der Waals surface area contributed by atoms with Crippen LogP contribution in [-0.2, 0) is 14.3 Å². The summed E-state index contributed by atoms with van der Waals surface area (Å²) in [5.74, 6) is -0.0482. The molecule has 3 aliphatic rings. The normalized spacial score (nSPS) is 38.4. The van der Waals surface area contributed by atoms with E-state index >= 15 is 0 Å². The number of hydrogen-bond acceptors (Lipinski definition) is 3. The molecule has 106 valence electrons. The fraction of sp³-hybridized carbons (Fsp3) is 0.867. The molecule has 0 aliphatic heterocycles. The van der Waals surface area contributed by atoms with Crippen molar-refractivity contribution in [1.29, 1.82) is 0 Å². The lowest BCUT2D eigenvalue weighted by atomic mass is 9.80. The summed E-state index contributed by atoms with van der Waals surface area (Å²) in [6, 6.07) is 0. The number of carbonyl (C=O) groups excluding carboxylic acids is 2. The number of hydrogen-bond donors (Lipinski definition) is 0. The van der Waals surface area contributed by atoms with Gasteiger partial charge in [0.05, 0.1) is 5.92 Å². The Morgan fingerprint density at radius 1 is 0.895 bits per heavy atom. The van der Waals surface area contributed by atoms with Crippen LogP contribution in [0.15, 0.2) is 0 Å². The van der Waals surface area contributed by atoms with Crippen LogP contribution >= 0.6 is 11.6 Å². The van der Waals surface area contributed by atoms with Gasteiger partial charge < -0.3 is 4.74 Å². The molecule has 3 rings (SSSR count). The molecule has 0 heterocycles. The third-order valence-electron chi connectivity index (χ3n) is 5.29. The highest BCUT2D eigenvalue weighted by atomic mass is 35.5. The fourth-order valence-corrected chi connectivity index (χ4v) is 4.70. The smallest absolute Gasteiger partial charge is 0.310 e. The predicted molar refractivity (Wildman–Crippen MR) is 71.6 cm³/mol. The van der Waals surface area contributed by atoms with Gasteiger partial charge in [0.25, 0.3) is 0 Å².